The molecule has 8 nitrogen and oxygen atoms in total. The second-order valence-corrected chi connectivity index (χ2v) is 7.93. The summed E-state index contributed by atoms with van der Waals surface area (Å²) in [6.45, 7) is 4.45. The number of rotatable bonds is 5. The fourth-order valence-electron chi connectivity index (χ4n) is 4.21. The van der Waals surface area contributed by atoms with E-state index < -0.39 is 29.7 Å². The average Bonchev–Trinajstić information content (AvgIpc) is 3.08. The Bertz CT molecular complexity index is 907. The third kappa shape index (κ3) is 3.54. The zero-order valence-corrected chi connectivity index (χ0v) is 16.7. The van der Waals surface area contributed by atoms with Crippen molar-refractivity contribution < 1.29 is 28.2 Å². The summed E-state index contributed by atoms with van der Waals surface area (Å²) in [6, 6.07) is 4.18. The Morgan fingerprint density at radius 1 is 1.37 bits per heavy atom. The van der Waals surface area contributed by atoms with Crippen LogP contribution in [0.1, 0.15) is 24.0 Å². The van der Waals surface area contributed by atoms with E-state index in [1.807, 2.05) is 0 Å². The molecule has 1 aliphatic carbocycles. The lowest BCUT2D eigenvalue weighted by Crippen LogP contribution is -2.51. The van der Waals surface area contributed by atoms with Crippen LogP contribution < -0.4 is 10.6 Å². The summed E-state index contributed by atoms with van der Waals surface area (Å²) >= 11 is 0. The van der Waals surface area contributed by atoms with Gasteiger partial charge in [-0.2, -0.15) is 0 Å². The van der Waals surface area contributed by atoms with Gasteiger partial charge in [-0.15, -0.1) is 6.58 Å². The van der Waals surface area contributed by atoms with Gasteiger partial charge in [-0.3, -0.25) is 9.69 Å². The van der Waals surface area contributed by atoms with Crippen molar-refractivity contribution in [1.29, 1.82) is 0 Å². The minimum absolute atomic E-state index is 0.162. The first-order valence-corrected chi connectivity index (χ1v) is 9.86. The molecule has 2 amide bonds. The molecule has 0 radical (unpaired) electrons. The molecule has 1 saturated heterocycles. The van der Waals surface area contributed by atoms with Gasteiger partial charge in [-0.05, 0) is 18.1 Å². The van der Waals surface area contributed by atoms with Gasteiger partial charge in [0.05, 0.1) is 19.7 Å². The number of benzene rings is 1. The van der Waals surface area contributed by atoms with E-state index in [9.17, 15) is 18.8 Å². The summed E-state index contributed by atoms with van der Waals surface area (Å²) in [5.74, 6) is -1.35. The summed E-state index contributed by atoms with van der Waals surface area (Å²) in [6.07, 6.45) is 1.32. The van der Waals surface area contributed by atoms with E-state index in [1.165, 1.54) is 18.1 Å². The van der Waals surface area contributed by atoms with E-state index in [-0.39, 0.29) is 30.6 Å². The van der Waals surface area contributed by atoms with E-state index in [2.05, 4.69) is 17.2 Å². The second-order valence-electron chi connectivity index (χ2n) is 7.93. The normalized spacial score (nSPS) is 29.1. The van der Waals surface area contributed by atoms with Crippen molar-refractivity contribution in [3.8, 4) is 0 Å². The van der Waals surface area contributed by atoms with Gasteiger partial charge in [0.15, 0.2) is 0 Å². The maximum Gasteiger partial charge on any atom is 0.410 e. The predicted octanol–water partition coefficient (Wildman–Crippen LogP) is 1.24. The van der Waals surface area contributed by atoms with Crippen LogP contribution in [0.3, 0.4) is 0 Å². The summed E-state index contributed by atoms with van der Waals surface area (Å²) < 4.78 is 24.2. The van der Waals surface area contributed by atoms with Gasteiger partial charge < -0.3 is 20.1 Å². The van der Waals surface area contributed by atoms with Crippen molar-refractivity contribution in [3.63, 3.8) is 0 Å². The third-order valence-corrected chi connectivity index (χ3v) is 6.05. The highest BCUT2D eigenvalue weighted by Gasteiger charge is 2.61. The molecule has 1 aromatic carbocycles. The Labute approximate surface area is 173 Å². The molecule has 1 unspecified atom stereocenters. The molecule has 4 atom stereocenters. The van der Waals surface area contributed by atoms with Crippen LogP contribution >= 0.6 is 0 Å². The molecule has 2 N–H and O–H groups in total. The van der Waals surface area contributed by atoms with E-state index in [4.69, 9.17) is 9.47 Å². The number of ether oxygens (including phenoxy) is 2. The van der Waals surface area contributed by atoms with Crippen LogP contribution in [-0.2, 0) is 32.2 Å². The zero-order valence-electron chi connectivity index (χ0n) is 16.7. The quantitative estimate of drug-likeness (QED) is 0.553. The third-order valence-electron chi connectivity index (χ3n) is 6.05. The molecule has 9 heteroatoms. The number of hydrogen-bond acceptors (Lipinski definition) is 6. The fraction of sp³-hybridized carbons (Fsp3) is 0.476. The number of carbonyl (C=O) groups is 3. The van der Waals surface area contributed by atoms with Crippen LogP contribution in [-0.4, -0.2) is 54.2 Å². The summed E-state index contributed by atoms with van der Waals surface area (Å²) in [7, 11) is 1.28. The van der Waals surface area contributed by atoms with Crippen molar-refractivity contribution in [1.82, 2.24) is 15.5 Å². The fourth-order valence-corrected chi connectivity index (χ4v) is 4.21. The second kappa shape index (κ2) is 7.71. The maximum atomic E-state index is 13.9. The molecule has 30 heavy (non-hydrogen) atoms. The van der Waals surface area contributed by atoms with E-state index in [1.54, 1.807) is 18.2 Å². The molecule has 160 valence electrons. The average molecular weight is 417 g/mol. The predicted molar refractivity (Wildman–Crippen MR) is 104 cm³/mol. The van der Waals surface area contributed by atoms with Gasteiger partial charge >= 0.3 is 12.1 Å². The monoisotopic (exact) mass is 417 g/mol. The number of amides is 2. The van der Waals surface area contributed by atoms with Crippen LogP contribution in [0.2, 0.25) is 0 Å². The molecule has 2 fully saturated rings. The Hall–Kier alpha value is -2.94. The topological polar surface area (TPSA) is 97.0 Å². The molecule has 0 aromatic heterocycles. The molecular formula is C21H24FN3O5. The first-order chi connectivity index (χ1) is 14.4. The molecule has 1 aromatic rings. The summed E-state index contributed by atoms with van der Waals surface area (Å²) in [5, 5.41) is 5.79. The van der Waals surface area contributed by atoms with E-state index in [0.717, 1.165) is 5.56 Å². The van der Waals surface area contributed by atoms with Crippen molar-refractivity contribution in [2.45, 2.75) is 43.6 Å². The number of fused-ring (bicyclic) bond motifs is 1. The van der Waals surface area contributed by atoms with Gasteiger partial charge in [0.1, 0.15) is 17.5 Å². The maximum absolute atomic E-state index is 13.9. The molecule has 2 heterocycles. The highest BCUT2D eigenvalue weighted by molar-refractivity contribution is 5.93. The first-order valence-electron chi connectivity index (χ1n) is 9.86. The minimum atomic E-state index is -1.06. The Kier molecular flexibility index (Phi) is 5.23. The molecule has 4 rings (SSSR count). The number of hydrogen-bond donors (Lipinski definition) is 2. The molecular weight excluding hydrogens is 393 g/mol. The Balaban J connectivity index is 1.30. The number of methoxy groups -OCH3 is 1. The van der Waals surface area contributed by atoms with Crippen molar-refractivity contribution in [2.75, 3.05) is 13.7 Å². The van der Waals surface area contributed by atoms with Crippen molar-refractivity contribution in [2.24, 2.45) is 5.92 Å². The molecule has 0 bridgehead atoms. The van der Waals surface area contributed by atoms with Crippen LogP contribution in [0.25, 0.3) is 0 Å². The number of nitrogens with one attached hydrogen (secondary N) is 2. The van der Waals surface area contributed by atoms with Gasteiger partial charge in [-0.25, -0.2) is 14.0 Å². The number of nitrogens with zero attached hydrogens (tertiary/aromatic N) is 1. The number of carbonyl (C=O) groups excluding carboxylic acids is 3. The van der Waals surface area contributed by atoms with Crippen molar-refractivity contribution >= 4 is 18.0 Å². The number of halogens is 1. The molecule has 1 saturated carbocycles. The van der Waals surface area contributed by atoms with E-state index in [0.29, 0.717) is 25.1 Å². The van der Waals surface area contributed by atoms with Crippen molar-refractivity contribution in [3.05, 3.63) is 47.8 Å². The zero-order chi connectivity index (χ0) is 21.5. The Morgan fingerprint density at radius 2 is 2.17 bits per heavy atom. The number of esters is 1. The lowest BCUT2D eigenvalue weighted by Gasteiger charge is -2.20. The van der Waals surface area contributed by atoms with Crippen LogP contribution in [0.15, 0.2) is 30.9 Å². The van der Waals surface area contributed by atoms with Gasteiger partial charge in [-0.1, -0.05) is 18.2 Å². The van der Waals surface area contributed by atoms with Gasteiger partial charge in [0, 0.05) is 31.0 Å². The summed E-state index contributed by atoms with van der Waals surface area (Å²) in [5.41, 5.74) is 0.212. The van der Waals surface area contributed by atoms with Crippen LogP contribution in [0, 0.1) is 11.7 Å². The SMILES string of the molecule is C=CC1C[C@]1(NC(=O)[C@@H]1C[C@@H](OC(=O)N2Cc3cccc(F)c3C2)CN1)C(=O)OC. The Morgan fingerprint density at radius 3 is 2.83 bits per heavy atom. The largest absolute Gasteiger partial charge is 0.467 e. The lowest BCUT2D eigenvalue weighted by molar-refractivity contribution is -0.147. The lowest BCUT2D eigenvalue weighted by atomic mass is 10.1. The first kappa shape index (κ1) is 20.3. The van der Waals surface area contributed by atoms with Crippen LogP contribution in [0.5, 0.6) is 0 Å². The molecule has 0 spiro atoms. The summed E-state index contributed by atoms with van der Waals surface area (Å²) in [4.78, 5) is 38.7. The van der Waals surface area contributed by atoms with E-state index >= 15 is 0 Å². The van der Waals surface area contributed by atoms with Crippen LogP contribution in [0.4, 0.5) is 9.18 Å². The smallest absolute Gasteiger partial charge is 0.410 e. The van der Waals surface area contributed by atoms with Gasteiger partial charge in [0.25, 0.3) is 0 Å². The highest BCUT2D eigenvalue weighted by atomic mass is 19.1. The van der Waals surface area contributed by atoms with Gasteiger partial charge in [0.2, 0.25) is 5.91 Å². The standard InChI is InChI=1S/C21H24FN3O5/c1-3-13-8-21(13,19(27)29-2)24-18(26)17-7-14(9-23-17)30-20(28)25-10-12-5-4-6-16(22)15(12)11-25/h3-6,13-14,17,23H,1,7-11H2,2H3,(H,24,26)/t13?,14-,17+,21-/m1/s1. The molecule has 2 aliphatic heterocycles. The highest BCUT2D eigenvalue weighted by Crippen LogP contribution is 2.45. The molecule has 3 aliphatic rings. The minimum Gasteiger partial charge on any atom is -0.467 e.